The first-order valence-corrected chi connectivity index (χ1v) is 19.7. The molecule has 0 radical (unpaired) electrons. The molecule has 0 aromatic rings. The highest BCUT2D eigenvalue weighted by molar-refractivity contribution is 6.87. The van der Waals surface area contributed by atoms with E-state index in [1.54, 1.807) is 0 Å². The van der Waals surface area contributed by atoms with Crippen LogP contribution in [0.1, 0.15) is 69.2 Å². The van der Waals surface area contributed by atoms with Crippen LogP contribution in [0.3, 0.4) is 0 Å². The van der Waals surface area contributed by atoms with Gasteiger partial charge >= 0.3 is 8.56 Å². The molecular formula is C23H63NO2Si3. The van der Waals surface area contributed by atoms with Crippen LogP contribution in [0.15, 0.2) is 0 Å². The van der Waals surface area contributed by atoms with E-state index < -0.39 is 25.2 Å². The Balaban J connectivity index is -0.000000480. The third-order valence-corrected chi connectivity index (χ3v) is 17.1. The highest BCUT2D eigenvalue weighted by Crippen LogP contribution is 2.26. The summed E-state index contributed by atoms with van der Waals surface area (Å²) < 4.78 is 14.6. The van der Waals surface area contributed by atoms with Gasteiger partial charge in [-0.2, -0.15) is 0 Å². The molecular weight excluding hydrogens is 407 g/mol. The predicted octanol–water partition coefficient (Wildman–Crippen LogP) is 8.56. The molecule has 0 amide bonds. The maximum Gasteiger partial charge on any atom is 0.311 e. The molecule has 0 aromatic carbocycles. The lowest BCUT2D eigenvalue weighted by molar-refractivity contribution is -0.923. The fourth-order valence-electron chi connectivity index (χ4n) is 4.04. The quantitative estimate of drug-likeness (QED) is 0.144. The second-order valence-corrected chi connectivity index (χ2v) is 21.8. The topological polar surface area (TPSA) is 18.5 Å². The maximum absolute atomic E-state index is 6.74. The number of hydrogen-bond acceptors (Lipinski definition) is 2. The van der Waals surface area contributed by atoms with Gasteiger partial charge in [0.05, 0.1) is 26.2 Å². The molecule has 0 aliphatic rings. The van der Waals surface area contributed by atoms with Crippen molar-refractivity contribution in [2.24, 2.45) is 0 Å². The van der Waals surface area contributed by atoms with Crippen molar-refractivity contribution in [2.45, 2.75) is 121 Å². The van der Waals surface area contributed by atoms with Gasteiger partial charge in [0.1, 0.15) is 0 Å². The van der Waals surface area contributed by atoms with Gasteiger partial charge in [-0.3, -0.25) is 0 Å². The van der Waals surface area contributed by atoms with Crippen LogP contribution in [0, 0.1) is 7.43 Å². The molecule has 0 atom stereocenters. The van der Waals surface area contributed by atoms with E-state index in [0.29, 0.717) is 0 Å². The first-order valence-electron chi connectivity index (χ1n) is 10.6. The summed E-state index contributed by atoms with van der Waals surface area (Å²) in [6, 6.07) is 2.51. The van der Waals surface area contributed by atoms with E-state index in [0.717, 1.165) is 0 Å². The number of unbranched alkanes of at least 4 members (excludes halogenated alkanes) is 1. The lowest BCUT2D eigenvalue weighted by Crippen LogP contribution is -2.53. The number of hydrogen-bond donors (Lipinski definition) is 0. The fraction of sp³-hybridized carbons (Fsp3) is 0.957. The minimum absolute atomic E-state index is 0. The molecule has 0 spiro atoms. The van der Waals surface area contributed by atoms with Gasteiger partial charge in [0.25, 0.3) is 0 Å². The summed E-state index contributed by atoms with van der Waals surface area (Å²) in [5, 5.41) is 0. The smallest absolute Gasteiger partial charge is 0.311 e. The van der Waals surface area contributed by atoms with Crippen molar-refractivity contribution >= 4 is 25.2 Å². The van der Waals surface area contributed by atoms with E-state index >= 15 is 0 Å². The Kier molecular flexibility index (Phi) is 23.6. The standard InChI is InChI=1S/C19H48NO2Si3.3CH4.CH3/c1-11-15-18-23(5,6)21-25(9,10)22-24(7,8)19-16-17-20(12-2,13-3)14-4;;;;/h11-19H2,1-10H3;3*1H4;1H3/q+1;;;;-1. The van der Waals surface area contributed by atoms with Crippen LogP contribution in [0.25, 0.3) is 0 Å². The van der Waals surface area contributed by atoms with Gasteiger partial charge in [0.2, 0.25) is 0 Å². The zero-order valence-electron chi connectivity index (χ0n) is 20.1. The summed E-state index contributed by atoms with van der Waals surface area (Å²) >= 11 is 0. The van der Waals surface area contributed by atoms with E-state index in [1.165, 1.54) is 62.0 Å². The molecule has 29 heavy (non-hydrogen) atoms. The Hall–Kier alpha value is 0.531. The number of rotatable bonds is 14. The van der Waals surface area contributed by atoms with Gasteiger partial charge < -0.3 is 20.1 Å². The van der Waals surface area contributed by atoms with E-state index in [-0.39, 0.29) is 29.7 Å². The lowest BCUT2D eigenvalue weighted by atomic mass is 10.3. The molecule has 0 aliphatic heterocycles. The Labute approximate surface area is 192 Å². The molecule has 0 aromatic heterocycles. The van der Waals surface area contributed by atoms with Crippen molar-refractivity contribution in [1.29, 1.82) is 0 Å². The van der Waals surface area contributed by atoms with Crippen molar-refractivity contribution in [3.8, 4) is 0 Å². The van der Waals surface area contributed by atoms with E-state index in [9.17, 15) is 0 Å². The zero-order valence-corrected chi connectivity index (χ0v) is 23.1. The molecule has 0 bridgehead atoms. The average Bonchev–Trinajstić information content (AvgIpc) is 2.47. The molecule has 3 nitrogen and oxygen atoms in total. The molecule has 0 aliphatic carbocycles. The fourth-order valence-corrected chi connectivity index (χ4v) is 18.3. The average molecular weight is 470 g/mol. The van der Waals surface area contributed by atoms with Gasteiger partial charge in [0.15, 0.2) is 16.6 Å². The van der Waals surface area contributed by atoms with Gasteiger partial charge in [-0.25, -0.2) is 0 Å². The highest BCUT2D eigenvalue weighted by Gasteiger charge is 2.39. The third kappa shape index (κ3) is 16.8. The van der Waals surface area contributed by atoms with Crippen molar-refractivity contribution < 1.29 is 12.7 Å². The number of nitrogens with zero attached hydrogens (tertiary/aromatic N) is 1. The van der Waals surface area contributed by atoms with Crippen molar-refractivity contribution in [2.75, 3.05) is 26.2 Å². The summed E-state index contributed by atoms with van der Waals surface area (Å²) in [6.45, 7) is 28.4. The summed E-state index contributed by atoms with van der Waals surface area (Å²) in [7, 11) is -5.27. The third-order valence-electron chi connectivity index (χ3n) is 5.60. The molecule has 184 valence electrons. The lowest BCUT2D eigenvalue weighted by Gasteiger charge is -2.40. The highest BCUT2D eigenvalue weighted by atomic mass is 28.5. The molecule has 0 unspecified atom stereocenters. The van der Waals surface area contributed by atoms with Gasteiger partial charge in [0, 0.05) is 0 Å². The Morgan fingerprint density at radius 2 is 0.966 bits per heavy atom. The zero-order chi connectivity index (χ0) is 19.8. The minimum atomic E-state index is -2.03. The van der Waals surface area contributed by atoms with Crippen molar-refractivity contribution in [3.63, 3.8) is 0 Å². The molecule has 0 saturated heterocycles. The normalized spacial score (nSPS) is 12.2. The minimum Gasteiger partial charge on any atom is -0.437 e. The molecule has 0 N–H and O–H groups in total. The van der Waals surface area contributed by atoms with E-state index in [2.05, 4.69) is 67.0 Å². The van der Waals surface area contributed by atoms with E-state index in [4.69, 9.17) is 8.23 Å². The van der Waals surface area contributed by atoms with Gasteiger partial charge in [-0.1, -0.05) is 42.0 Å². The Bertz CT molecular complexity index is 363. The van der Waals surface area contributed by atoms with E-state index in [1.807, 2.05) is 0 Å². The van der Waals surface area contributed by atoms with Crippen LogP contribution in [-0.4, -0.2) is 55.9 Å². The molecule has 0 fully saturated rings. The second-order valence-electron chi connectivity index (χ2n) is 9.34. The summed E-state index contributed by atoms with van der Waals surface area (Å²) in [5.41, 5.74) is 0. The van der Waals surface area contributed by atoms with Crippen molar-refractivity contribution in [3.05, 3.63) is 7.43 Å². The predicted molar refractivity (Wildman–Crippen MR) is 147 cm³/mol. The SMILES string of the molecule is C.C.C.CCCC[Si](C)(C)O[Si](C)(C)O[Si](C)(C)CCC[N+](CC)(CC)CC.[CH3-]. The van der Waals surface area contributed by atoms with Crippen LogP contribution in [0.4, 0.5) is 0 Å². The van der Waals surface area contributed by atoms with Gasteiger partial charge in [-0.15, -0.1) is 0 Å². The maximum atomic E-state index is 6.74. The van der Waals surface area contributed by atoms with Crippen LogP contribution in [-0.2, 0) is 8.23 Å². The molecule has 0 rings (SSSR count). The summed E-state index contributed by atoms with van der Waals surface area (Å²) in [4.78, 5) is 0. The van der Waals surface area contributed by atoms with Gasteiger partial charge in [-0.05, 0) is 78.6 Å². The summed E-state index contributed by atoms with van der Waals surface area (Å²) in [6.07, 6.45) is 3.83. The monoisotopic (exact) mass is 469 g/mol. The summed E-state index contributed by atoms with van der Waals surface area (Å²) in [5.74, 6) is 0. The first kappa shape index (κ1) is 39.9. The van der Waals surface area contributed by atoms with Crippen LogP contribution < -0.4 is 0 Å². The molecule has 6 heteroatoms. The van der Waals surface area contributed by atoms with Crippen LogP contribution in [0.2, 0.25) is 51.4 Å². The first-order chi connectivity index (χ1) is 11.4. The molecule has 0 heterocycles. The molecule has 0 saturated carbocycles. The number of quaternary nitrogens is 1. The Morgan fingerprint density at radius 1 is 0.621 bits per heavy atom. The van der Waals surface area contributed by atoms with Crippen molar-refractivity contribution in [1.82, 2.24) is 0 Å². The van der Waals surface area contributed by atoms with Crippen LogP contribution in [0.5, 0.6) is 0 Å². The largest absolute Gasteiger partial charge is 0.437 e. The Morgan fingerprint density at radius 3 is 1.28 bits per heavy atom. The van der Waals surface area contributed by atoms with Crippen LogP contribution >= 0.6 is 0 Å². The second kappa shape index (κ2) is 17.1.